The van der Waals surface area contributed by atoms with Gasteiger partial charge in [0.1, 0.15) is 17.7 Å². The summed E-state index contributed by atoms with van der Waals surface area (Å²) in [6.45, 7) is 4.36. The third kappa shape index (κ3) is 13.6. The van der Waals surface area contributed by atoms with E-state index in [4.69, 9.17) is 0 Å². The highest BCUT2D eigenvalue weighted by Crippen LogP contribution is 2.30. The zero-order chi connectivity index (χ0) is 29.4. The number of rotatable bonds is 8. The fourth-order valence-electron chi connectivity index (χ4n) is 3.00. The van der Waals surface area contributed by atoms with E-state index in [0.29, 0.717) is 18.8 Å². The van der Waals surface area contributed by atoms with Gasteiger partial charge in [0.25, 0.3) is 0 Å². The summed E-state index contributed by atoms with van der Waals surface area (Å²) in [5.41, 5.74) is 1.45. The molecule has 0 fully saturated rings. The Balaban J connectivity index is 0.000000304. The molecular weight excluding hydrogens is 522 g/mol. The lowest BCUT2D eigenvalue weighted by Crippen LogP contribution is -2.08. The fourth-order valence-corrected chi connectivity index (χ4v) is 3.00. The molecule has 2 aromatic carbocycles. The van der Waals surface area contributed by atoms with Gasteiger partial charge in [0.2, 0.25) is 0 Å². The first-order valence-corrected chi connectivity index (χ1v) is 12.1. The van der Waals surface area contributed by atoms with E-state index in [9.17, 15) is 31.1 Å². The summed E-state index contributed by atoms with van der Waals surface area (Å²) in [6.07, 6.45) is -2.15. The van der Waals surface area contributed by atoms with E-state index in [-0.39, 0.29) is 23.6 Å². The van der Waals surface area contributed by atoms with Crippen molar-refractivity contribution in [3.63, 3.8) is 0 Å². The average Bonchev–Trinajstić information content (AvgIpc) is 2.87. The monoisotopic (exact) mass is 554 g/mol. The molecule has 0 aliphatic rings. The number of carbonyl (C=O) groups is 1. The van der Waals surface area contributed by atoms with E-state index in [1.54, 1.807) is 19.1 Å². The fraction of sp³-hybridized carbons (Fsp3) is 0.345. The van der Waals surface area contributed by atoms with Gasteiger partial charge in [-0.25, -0.2) is 9.98 Å². The van der Waals surface area contributed by atoms with Gasteiger partial charge in [-0.2, -0.15) is 26.3 Å². The smallest absolute Gasteiger partial charge is 0.433 e. The lowest BCUT2D eigenvalue weighted by atomic mass is 9.99. The van der Waals surface area contributed by atoms with Gasteiger partial charge in [-0.1, -0.05) is 61.9 Å². The summed E-state index contributed by atoms with van der Waals surface area (Å²) in [4.78, 5) is 17.1. The van der Waals surface area contributed by atoms with E-state index >= 15 is 0 Å². The molecule has 10 heteroatoms. The summed E-state index contributed by atoms with van der Waals surface area (Å²) in [7, 11) is 0. The number of benzene rings is 2. The number of aliphatic imine (C=N–C) groups is 1. The molecule has 0 saturated carbocycles. The number of halogens is 6. The molecule has 212 valence electrons. The Kier molecular flexibility index (Phi) is 14.5. The number of aryl methyl sites for hydroxylation is 2. The number of aldehydes is 1. The van der Waals surface area contributed by atoms with Gasteiger partial charge in [0.05, 0.1) is 11.4 Å². The zero-order valence-corrected chi connectivity index (χ0v) is 22.2. The summed E-state index contributed by atoms with van der Waals surface area (Å²) < 4.78 is 77.4. The minimum atomic E-state index is -4.49. The number of nitrogens with zero attached hydrogens (tertiary/aromatic N) is 2. The van der Waals surface area contributed by atoms with Crippen molar-refractivity contribution in [2.75, 3.05) is 0 Å². The quantitative estimate of drug-likeness (QED) is 0.158. The van der Waals surface area contributed by atoms with E-state index in [1.165, 1.54) is 24.6 Å². The molecule has 0 amide bonds. The molecule has 1 atom stereocenters. The molecule has 0 N–H and O–H groups in total. The van der Waals surface area contributed by atoms with Crippen LogP contribution in [0.15, 0.2) is 71.7 Å². The zero-order valence-electron chi connectivity index (χ0n) is 22.2. The van der Waals surface area contributed by atoms with Gasteiger partial charge in [0, 0.05) is 12.8 Å². The number of alkyl halides is 5. The molecule has 1 heterocycles. The predicted octanol–water partition coefficient (Wildman–Crippen LogP) is 9.18. The van der Waals surface area contributed by atoms with Crippen molar-refractivity contribution < 1.29 is 35.9 Å². The predicted molar refractivity (Wildman–Crippen MR) is 140 cm³/mol. The number of hydrogen-bond donors (Lipinski definition) is 0. The SMILES string of the molecule is CC(CC=O)c1ccccc1.CCCC(F)=Nc1ccc(C(F)(F)F)nc1C.Cc1ccc(OC(F)F)cc1. The van der Waals surface area contributed by atoms with Gasteiger partial charge >= 0.3 is 12.8 Å². The van der Waals surface area contributed by atoms with Crippen LogP contribution in [0.4, 0.5) is 32.0 Å². The van der Waals surface area contributed by atoms with Gasteiger partial charge in [0.15, 0.2) is 5.97 Å². The van der Waals surface area contributed by atoms with Crippen LogP contribution in [0.25, 0.3) is 0 Å². The summed E-state index contributed by atoms with van der Waals surface area (Å²) in [5.74, 6) is -0.0449. The van der Waals surface area contributed by atoms with Crippen LogP contribution < -0.4 is 4.74 Å². The first kappa shape index (κ1) is 33.3. The second-order valence-corrected chi connectivity index (χ2v) is 8.44. The van der Waals surface area contributed by atoms with Gasteiger partial charge in [-0.15, -0.1) is 0 Å². The van der Waals surface area contributed by atoms with Crippen molar-refractivity contribution in [3.8, 4) is 5.75 Å². The second-order valence-electron chi connectivity index (χ2n) is 8.44. The maximum Gasteiger partial charge on any atom is 0.433 e. The lowest BCUT2D eigenvalue weighted by molar-refractivity contribution is -0.141. The highest BCUT2D eigenvalue weighted by molar-refractivity contribution is 5.78. The Hall–Kier alpha value is -3.69. The maximum absolute atomic E-state index is 13.1. The number of pyridine rings is 1. The van der Waals surface area contributed by atoms with Crippen LogP contribution >= 0.6 is 0 Å². The van der Waals surface area contributed by atoms with Gasteiger partial charge < -0.3 is 9.53 Å². The van der Waals surface area contributed by atoms with Crippen LogP contribution in [0.5, 0.6) is 5.75 Å². The number of carbonyl (C=O) groups excluding carboxylic acids is 1. The Morgan fingerprint density at radius 1 is 1.00 bits per heavy atom. The average molecular weight is 555 g/mol. The van der Waals surface area contributed by atoms with Crippen molar-refractivity contribution in [1.82, 2.24) is 4.98 Å². The van der Waals surface area contributed by atoms with E-state index in [0.717, 1.165) is 24.0 Å². The van der Waals surface area contributed by atoms with Crippen molar-refractivity contribution in [1.29, 1.82) is 0 Å². The van der Waals surface area contributed by atoms with Gasteiger partial charge in [-0.3, -0.25) is 0 Å². The molecule has 1 unspecified atom stereocenters. The molecule has 4 nitrogen and oxygen atoms in total. The van der Waals surface area contributed by atoms with E-state index in [1.807, 2.05) is 37.3 Å². The molecule has 0 aliphatic heterocycles. The summed E-state index contributed by atoms with van der Waals surface area (Å²) >= 11 is 0. The Morgan fingerprint density at radius 2 is 1.62 bits per heavy atom. The molecule has 3 rings (SSSR count). The molecule has 0 radical (unpaired) electrons. The highest BCUT2D eigenvalue weighted by Gasteiger charge is 2.32. The maximum atomic E-state index is 13.1. The Morgan fingerprint density at radius 3 is 2.10 bits per heavy atom. The first-order chi connectivity index (χ1) is 18.4. The van der Waals surface area contributed by atoms with Crippen LogP contribution in [-0.4, -0.2) is 23.8 Å². The van der Waals surface area contributed by atoms with Crippen molar-refractivity contribution in [2.45, 2.75) is 65.7 Å². The third-order valence-electron chi connectivity index (χ3n) is 5.11. The second kappa shape index (κ2) is 17.0. The first-order valence-electron chi connectivity index (χ1n) is 12.1. The largest absolute Gasteiger partial charge is 0.435 e. The van der Waals surface area contributed by atoms with Crippen LogP contribution in [0, 0.1) is 13.8 Å². The van der Waals surface area contributed by atoms with Crippen LogP contribution in [0.3, 0.4) is 0 Å². The number of hydrogen-bond acceptors (Lipinski definition) is 4. The van der Waals surface area contributed by atoms with Crippen molar-refractivity contribution >= 4 is 17.9 Å². The molecule has 0 aliphatic carbocycles. The molecule has 0 saturated heterocycles. The minimum Gasteiger partial charge on any atom is -0.435 e. The minimum absolute atomic E-state index is 0.0612. The molecular formula is C29H32F6N2O2. The summed E-state index contributed by atoms with van der Waals surface area (Å²) in [6, 6.07) is 18.5. The Bertz CT molecular complexity index is 1150. The molecule has 1 aromatic heterocycles. The van der Waals surface area contributed by atoms with Crippen LogP contribution in [0.1, 0.15) is 61.5 Å². The van der Waals surface area contributed by atoms with Crippen LogP contribution in [0.2, 0.25) is 0 Å². The standard InChI is InChI=1S/C11H12F4N2.C10H12O.C8H8F2O/c1-3-4-10(12)17-8-5-6-9(11(13,14)15)16-7(8)2;1-9(7-8-11)10-5-3-2-4-6-10;1-6-2-4-7(5-3-6)11-8(9)10/h5-6H,3-4H2,1-2H3;2-6,8-9H,7H2,1H3;2-5,8H,1H3. The third-order valence-corrected chi connectivity index (χ3v) is 5.11. The van der Waals surface area contributed by atoms with Gasteiger partial charge in [-0.05, 0) is 56.0 Å². The van der Waals surface area contributed by atoms with Crippen molar-refractivity contribution in [3.05, 3.63) is 89.2 Å². The van der Waals surface area contributed by atoms with E-state index in [2.05, 4.69) is 21.6 Å². The van der Waals surface area contributed by atoms with Crippen LogP contribution in [-0.2, 0) is 11.0 Å². The Labute approximate surface area is 224 Å². The molecule has 0 spiro atoms. The van der Waals surface area contributed by atoms with E-state index < -0.39 is 24.4 Å². The normalized spacial score (nSPS) is 12.0. The topological polar surface area (TPSA) is 51.5 Å². The highest BCUT2D eigenvalue weighted by atomic mass is 19.4. The summed E-state index contributed by atoms with van der Waals surface area (Å²) in [5, 5.41) is 0. The number of aromatic nitrogens is 1. The molecule has 3 aromatic rings. The molecule has 0 bridgehead atoms. The molecule has 39 heavy (non-hydrogen) atoms. The van der Waals surface area contributed by atoms with Crippen molar-refractivity contribution in [2.24, 2.45) is 4.99 Å². The number of ether oxygens (including phenoxy) is 1. The lowest BCUT2D eigenvalue weighted by Gasteiger charge is -2.07.